The molecule has 8 nitrogen and oxygen atoms in total. The Bertz CT molecular complexity index is 884. The SMILES string of the molecule is O=C1NC(=O)C2(CCN(C(=O)c3ccc(-n4cc(Br)cn4)cc3)CC2)N1. The van der Waals surface area contributed by atoms with Gasteiger partial charge in [0.15, 0.2) is 0 Å². The molecular weight excluding hydrogens is 402 g/mol. The molecule has 134 valence electrons. The van der Waals surface area contributed by atoms with Crippen molar-refractivity contribution in [3.8, 4) is 5.69 Å². The fraction of sp³-hybridized carbons (Fsp3) is 0.294. The Morgan fingerprint density at radius 2 is 1.85 bits per heavy atom. The molecule has 4 rings (SSSR count). The number of imide groups is 1. The molecule has 2 aromatic rings. The van der Waals surface area contributed by atoms with E-state index < -0.39 is 11.6 Å². The number of likely N-dealkylation sites (tertiary alicyclic amines) is 1. The van der Waals surface area contributed by atoms with Gasteiger partial charge in [0, 0.05) is 24.8 Å². The normalized spacial score (nSPS) is 18.7. The van der Waals surface area contributed by atoms with Gasteiger partial charge in [-0.1, -0.05) is 0 Å². The Labute approximate surface area is 157 Å². The van der Waals surface area contributed by atoms with Gasteiger partial charge in [-0.3, -0.25) is 14.9 Å². The van der Waals surface area contributed by atoms with E-state index in [4.69, 9.17) is 0 Å². The maximum absolute atomic E-state index is 12.7. The fourth-order valence-corrected chi connectivity index (χ4v) is 3.64. The standard InChI is InChI=1S/C17H16BrN5O3/c18-12-9-19-23(10-12)13-3-1-11(2-4-13)14(24)22-7-5-17(6-8-22)15(25)20-16(26)21-17/h1-4,9-10H,5-8H2,(H2,20,21,25,26). The van der Waals surface area contributed by atoms with Crippen molar-refractivity contribution in [1.82, 2.24) is 25.3 Å². The molecule has 0 bridgehead atoms. The molecule has 0 saturated carbocycles. The van der Waals surface area contributed by atoms with Crippen LogP contribution in [0.4, 0.5) is 4.79 Å². The second kappa shape index (κ2) is 6.24. The summed E-state index contributed by atoms with van der Waals surface area (Å²) in [5, 5.41) is 9.17. The minimum absolute atomic E-state index is 0.0854. The molecule has 2 saturated heterocycles. The smallest absolute Gasteiger partial charge is 0.322 e. The zero-order valence-electron chi connectivity index (χ0n) is 13.7. The number of carbonyl (C=O) groups is 3. The molecule has 0 atom stereocenters. The topological polar surface area (TPSA) is 96.3 Å². The van der Waals surface area contributed by atoms with E-state index in [9.17, 15) is 14.4 Å². The zero-order valence-corrected chi connectivity index (χ0v) is 15.3. The van der Waals surface area contributed by atoms with Crippen molar-refractivity contribution < 1.29 is 14.4 Å². The molecule has 2 aliphatic rings. The molecule has 0 unspecified atom stereocenters. The Morgan fingerprint density at radius 3 is 2.38 bits per heavy atom. The molecule has 4 amide bonds. The summed E-state index contributed by atoms with van der Waals surface area (Å²) < 4.78 is 2.59. The predicted molar refractivity (Wildman–Crippen MR) is 95.8 cm³/mol. The average Bonchev–Trinajstić information content (AvgIpc) is 3.18. The largest absolute Gasteiger partial charge is 0.338 e. The molecule has 1 spiro atoms. The molecule has 2 aliphatic heterocycles. The van der Waals surface area contributed by atoms with Crippen molar-refractivity contribution in [1.29, 1.82) is 0 Å². The number of nitrogens with zero attached hydrogens (tertiary/aromatic N) is 3. The number of hydrogen-bond acceptors (Lipinski definition) is 4. The lowest BCUT2D eigenvalue weighted by Gasteiger charge is -2.37. The molecule has 3 heterocycles. The Kier molecular flexibility index (Phi) is 4.03. The number of rotatable bonds is 2. The Morgan fingerprint density at radius 1 is 1.15 bits per heavy atom. The van der Waals surface area contributed by atoms with Crippen LogP contribution in [-0.2, 0) is 4.79 Å². The summed E-state index contributed by atoms with van der Waals surface area (Å²) in [6, 6.07) is 6.74. The number of benzene rings is 1. The van der Waals surface area contributed by atoms with Crippen LogP contribution in [0, 0.1) is 0 Å². The van der Waals surface area contributed by atoms with E-state index in [1.807, 2.05) is 18.3 Å². The van der Waals surface area contributed by atoms with Gasteiger partial charge in [0.2, 0.25) is 0 Å². The van der Waals surface area contributed by atoms with Crippen LogP contribution in [0.25, 0.3) is 5.69 Å². The first-order valence-electron chi connectivity index (χ1n) is 8.20. The maximum atomic E-state index is 12.7. The first-order valence-corrected chi connectivity index (χ1v) is 9.00. The van der Waals surface area contributed by atoms with Crippen LogP contribution in [-0.4, -0.2) is 51.2 Å². The first-order chi connectivity index (χ1) is 12.5. The number of carbonyl (C=O) groups excluding carboxylic acids is 3. The molecule has 0 radical (unpaired) electrons. The summed E-state index contributed by atoms with van der Waals surface area (Å²) in [6.45, 7) is 0.834. The summed E-state index contributed by atoms with van der Waals surface area (Å²) in [5.41, 5.74) is 0.566. The van der Waals surface area contributed by atoms with Crippen molar-refractivity contribution in [2.24, 2.45) is 0 Å². The van der Waals surface area contributed by atoms with E-state index in [1.165, 1.54) is 0 Å². The van der Waals surface area contributed by atoms with E-state index >= 15 is 0 Å². The molecular formula is C17H16BrN5O3. The monoisotopic (exact) mass is 417 g/mol. The fourth-order valence-electron chi connectivity index (χ4n) is 3.35. The zero-order chi connectivity index (χ0) is 18.3. The van der Waals surface area contributed by atoms with Gasteiger partial charge >= 0.3 is 6.03 Å². The number of urea groups is 1. The minimum atomic E-state index is -0.870. The van der Waals surface area contributed by atoms with Gasteiger partial charge in [0.1, 0.15) is 5.54 Å². The highest BCUT2D eigenvalue weighted by molar-refractivity contribution is 9.10. The molecule has 0 aliphatic carbocycles. The molecule has 9 heteroatoms. The van der Waals surface area contributed by atoms with Gasteiger partial charge in [-0.05, 0) is 53.0 Å². The van der Waals surface area contributed by atoms with Crippen LogP contribution in [0.3, 0.4) is 0 Å². The van der Waals surface area contributed by atoms with Crippen LogP contribution in [0.1, 0.15) is 23.2 Å². The molecule has 26 heavy (non-hydrogen) atoms. The predicted octanol–water partition coefficient (Wildman–Crippen LogP) is 1.45. The van der Waals surface area contributed by atoms with Gasteiger partial charge in [-0.15, -0.1) is 0 Å². The van der Waals surface area contributed by atoms with E-state index in [0.29, 0.717) is 31.5 Å². The number of nitrogens with one attached hydrogen (secondary N) is 2. The molecule has 1 aromatic carbocycles. The summed E-state index contributed by atoms with van der Waals surface area (Å²) in [4.78, 5) is 37.8. The summed E-state index contributed by atoms with van der Waals surface area (Å²) >= 11 is 3.35. The van der Waals surface area contributed by atoms with Crippen molar-refractivity contribution in [2.45, 2.75) is 18.4 Å². The maximum Gasteiger partial charge on any atom is 0.322 e. The lowest BCUT2D eigenvalue weighted by molar-refractivity contribution is -0.125. The van der Waals surface area contributed by atoms with Gasteiger partial charge < -0.3 is 10.2 Å². The third-order valence-electron chi connectivity index (χ3n) is 4.85. The Hall–Kier alpha value is -2.68. The van der Waals surface area contributed by atoms with E-state index in [1.54, 1.807) is 27.9 Å². The third-order valence-corrected chi connectivity index (χ3v) is 5.26. The quantitative estimate of drug-likeness (QED) is 0.722. The van der Waals surface area contributed by atoms with Crippen molar-refractivity contribution in [2.75, 3.05) is 13.1 Å². The second-order valence-electron chi connectivity index (χ2n) is 6.43. The second-order valence-corrected chi connectivity index (χ2v) is 7.35. The van der Waals surface area contributed by atoms with Crippen molar-refractivity contribution >= 4 is 33.8 Å². The van der Waals surface area contributed by atoms with E-state index in [0.717, 1.165) is 10.2 Å². The van der Waals surface area contributed by atoms with E-state index in [2.05, 4.69) is 31.7 Å². The minimum Gasteiger partial charge on any atom is -0.338 e. The van der Waals surface area contributed by atoms with Gasteiger partial charge in [0.05, 0.1) is 16.4 Å². The van der Waals surface area contributed by atoms with Crippen LogP contribution in [0.15, 0.2) is 41.1 Å². The van der Waals surface area contributed by atoms with Gasteiger partial charge in [-0.25, -0.2) is 9.48 Å². The Balaban J connectivity index is 1.44. The van der Waals surface area contributed by atoms with Gasteiger partial charge in [-0.2, -0.15) is 5.10 Å². The van der Waals surface area contributed by atoms with Crippen LogP contribution in [0.5, 0.6) is 0 Å². The lowest BCUT2D eigenvalue weighted by atomic mass is 9.87. The highest BCUT2D eigenvalue weighted by Crippen LogP contribution is 2.26. The number of halogens is 1. The van der Waals surface area contributed by atoms with Crippen molar-refractivity contribution in [3.63, 3.8) is 0 Å². The molecule has 1 aromatic heterocycles. The number of hydrogen-bond donors (Lipinski definition) is 2. The van der Waals surface area contributed by atoms with Crippen LogP contribution in [0.2, 0.25) is 0 Å². The molecule has 2 fully saturated rings. The highest BCUT2D eigenvalue weighted by atomic mass is 79.9. The van der Waals surface area contributed by atoms with Crippen LogP contribution < -0.4 is 10.6 Å². The van der Waals surface area contributed by atoms with Crippen LogP contribution >= 0.6 is 15.9 Å². The summed E-state index contributed by atoms with van der Waals surface area (Å²) in [7, 11) is 0. The average molecular weight is 418 g/mol. The van der Waals surface area contributed by atoms with Gasteiger partial charge in [0.25, 0.3) is 11.8 Å². The molecule has 2 N–H and O–H groups in total. The first kappa shape index (κ1) is 16.8. The van der Waals surface area contributed by atoms with E-state index in [-0.39, 0.29) is 11.8 Å². The summed E-state index contributed by atoms with van der Waals surface area (Å²) in [6.07, 6.45) is 4.36. The number of aromatic nitrogens is 2. The summed E-state index contributed by atoms with van der Waals surface area (Å²) in [5.74, 6) is -0.387. The number of amides is 4. The third kappa shape index (κ3) is 2.88. The lowest BCUT2D eigenvalue weighted by Crippen LogP contribution is -2.55. The van der Waals surface area contributed by atoms with Crippen molar-refractivity contribution in [3.05, 3.63) is 46.7 Å². The number of piperidine rings is 1. The highest BCUT2D eigenvalue weighted by Gasteiger charge is 2.48.